The Balaban J connectivity index is 2.07. The monoisotopic (exact) mass is 563 g/mol. The zero-order chi connectivity index (χ0) is 29.4. The minimum absolute atomic E-state index is 0.100. The van der Waals surface area contributed by atoms with Crippen LogP contribution in [0.1, 0.15) is 49.4 Å². The van der Waals surface area contributed by atoms with Crippen molar-refractivity contribution in [2.75, 3.05) is 17.4 Å². The number of nitrogens with one attached hydrogen (secondary N) is 1. The third-order valence-corrected chi connectivity index (χ3v) is 8.77. The highest BCUT2D eigenvalue weighted by Crippen LogP contribution is 2.29. The van der Waals surface area contributed by atoms with Gasteiger partial charge in [-0.15, -0.1) is 0 Å². The predicted octanol–water partition coefficient (Wildman–Crippen LogP) is 5.39. The Morgan fingerprint density at radius 1 is 0.875 bits per heavy atom. The summed E-state index contributed by atoms with van der Waals surface area (Å²) in [5, 5.41) is 2.95. The molecule has 0 unspecified atom stereocenters. The summed E-state index contributed by atoms with van der Waals surface area (Å²) in [5.74, 6) is -0.452. The zero-order valence-electron chi connectivity index (χ0n) is 24.3. The highest BCUT2D eigenvalue weighted by Gasteiger charge is 2.34. The van der Waals surface area contributed by atoms with Gasteiger partial charge in [0.25, 0.3) is 10.0 Å². The van der Waals surface area contributed by atoms with Crippen molar-refractivity contribution in [1.29, 1.82) is 0 Å². The first kappa shape index (κ1) is 30.9. The van der Waals surface area contributed by atoms with Crippen molar-refractivity contribution < 1.29 is 18.0 Å². The summed E-state index contributed by atoms with van der Waals surface area (Å²) < 4.78 is 29.3. The number of carbonyl (C=O) groups excluding carboxylic acids is 2. The Bertz CT molecular complexity index is 1400. The fraction of sp³-hybridized carbons (Fsp3) is 0.375. The smallest absolute Gasteiger partial charge is 0.264 e. The Labute approximate surface area is 239 Å². The fourth-order valence-electron chi connectivity index (χ4n) is 4.48. The first-order valence-corrected chi connectivity index (χ1v) is 15.2. The zero-order valence-corrected chi connectivity index (χ0v) is 25.2. The van der Waals surface area contributed by atoms with E-state index >= 15 is 0 Å². The van der Waals surface area contributed by atoms with Gasteiger partial charge >= 0.3 is 0 Å². The fourth-order valence-corrected chi connectivity index (χ4v) is 5.95. The van der Waals surface area contributed by atoms with Gasteiger partial charge in [-0.2, -0.15) is 0 Å². The molecule has 214 valence electrons. The van der Waals surface area contributed by atoms with Crippen molar-refractivity contribution in [3.05, 3.63) is 95.1 Å². The summed E-state index contributed by atoms with van der Waals surface area (Å²) in [6, 6.07) is 20.7. The number of sulfonamides is 1. The molecular weight excluding hydrogens is 522 g/mol. The molecule has 1 N–H and O–H groups in total. The number of hydrogen-bond donors (Lipinski definition) is 1. The molecular formula is C32H41N3O4S. The van der Waals surface area contributed by atoms with E-state index < -0.39 is 28.5 Å². The topological polar surface area (TPSA) is 86.8 Å². The van der Waals surface area contributed by atoms with Gasteiger partial charge < -0.3 is 10.2 Å². The number of nitrogens with zero attached hydrogens (tertiary/aromatic N) is 2. The standard InChI is InChI=1S/C32H41N3O4S/c1-7-29(32(37)33-20-23(2)3)34(21-27-13-9-8-10-14-27)31(36)22-35(30-15-11-12-25(5)26(30)6)40(38,39)28-18-16-24(4)17-19-28/h8-19,23,29H,7,20-22H2,1-6H3,(H,33,37)/t29-/m0/s1. The third-order valence-electron chi connectivity index (χ3n) is 7.00. The summed E-state index contributed by atoms with van der Waals surface area (Å²) >= 11 is 0. The molecule has 40 heavy (non-hydrogen) atoms. The van der Waals surface area contributed by atoms with Crippen LogP contribution >= 0.6 is 0 Å². The van der Waals surface area contributed by atoms with E-state index in [9.17, 15) is 18.0 Å². The van der Waals surface area contributed by atoms with Gasteiger partial charge in [0.2, 0.25) is 11.8 Å². The molecule has 0 bridgehead atoms. The van der Waals surface area contributed by atoms with Gasteiger partial charge in [0, 0.05) is 13.1 Å². The number of anilines is 1. The van der Waals surface area contributed by atoms with Gasteiger partial charge in [0.1, 0.15) is 12.6 Å². The van der Waals surface area contributed by atoms with Gasteiger partial charge in [0.15, 0.2) is 0 Å². The van der Waals surface area contributed by atoms with E-state index in [0.717, 1.165) is 22.3 Å². The number of benzene rings is 3. The second-order valence-electron chi connectivity index (χ2n) is 10.6. The molecule has 0 aliphatic heterocycles. The average molecular weight is 564 g/mol. The maximum atomic E-state index is 14.1. The molecule has 7 nitrogen and oxygen atoms in total. The van der Waals surface area contributed by atoms with Crippen molar-refractivity contribution in [2.45, 2.75) is 65.4 Å². The quantitative estimate of drug-likeness (QED) is 0.320. The molecule has 0 aromatic heterocycles. The molecule has 1 atom stereocenters. The van der Waals surface area contributed by atoms with E-state index in [0.29, 0.717) is 18.7 Å². The van der Waals surface area contributed by atoms with Crippen LogP contribution in [-0.2, 0) is 26.2 Å². The van der Waals surface area contributed by atoms with Gasteiger partial charge in [-0.05, 0) is 68.0 Å². The molecule has 3 aromatic rings. The average Bonchev–Trinajstić information content (AvgIpc) is 2.92. The number of rotatable bonds is 12. The molecule has 2 amide bonds. The Kier molecular flexibility index (Phi) is 10.5. The van der Waals surface area contributed by atoms with Crippen molar-refractivity contribution in [2.24, 2.45) is 5.92 Å². The van der Waals surface area contributed by atoms with Crippen molar-refractivity contribution in [3.63, 3.8) is 0 Å². The highest BCUT2D eigenvalue weighted by atomic mass is 32.2. The molecule has 0 aliphatic rings. The van der Waals surface area contributed by atoms with Crippen LogP contribution in [0.25, 0.3) is 0 Å². The molecule has 3 rings (SSSR count). The minimum atomic E-state index is -4.10. The van der Waals surface area contributed by atoms with Crippen LogP contribution in [0.15, 0.2) is 77.7 Å². The first-order chi connectivity index (χ1) is 18.9. The van der Waals surface area contributed by atoms with Crippen molar-refractivity contribution in [3.8, 4) is 0 Å². The summed E-state index contributed by atoms with van der Waals surface area (Å²) in [4.78, 5) is 29.0. The Morgan fingerprint density at radius 2 is 1.52 bits per heavy atom. The third kappa shape index (κ3) is 7.50. The number of aryl methyl sites for hydroxylation is 2. The van der Waals surface area contributed by atoms with Crippen LogP contribution < -0.4 is 9.62 Å². The van der Waals surface area contributed by atoms with Crippen LogP contribution in [0, 0.1) is 26.7 Å². The van der Waals surface area contributed by atoms with E-state index in [-0.39, 0.29) is 23.3 Å². The van der Waals surface area contributed by atoms with E-state index in [1.54, 1.807) is 36.4 Å². The lowest BCUT2D eigenvalue weighted by Gasteiger charge is -2.34. The van der Waals surface area contributed by atoms with Crippen LogP contribution in [0.2, 0.25) is 0 Å². The van der Waals surface area contributed by atoms with Gasteiger partial charge in [-0.3, -0.25) is 13.9 Å². The van der Waals surface area contributed by atoms with Crippen LogP contribution in [0.3, 0.4) is 0 Å². The molecule has 0 aliphatic carbocycles. The molecule has 0 fully saturated rings. The highest BCUT2D eigenvalue weighted by molar-refractivity contribution is 7.92. The predicted molar refractivity (Wildman–Crippen MR) is 161 cm³/mol. The maximum absolute atomic E-state index is 14.1. The summed E-state index contributed by atoms with van der Waals surface area (Å²) in [5.41, 5.74) is 3.90. The Hall–Kier alpha value is -3.65. The summed E-state index contributed by atoms with van der Waals surface area (Å²) in [7, 11) is -4.10. The number of carbonyl (C=O) groups is 2. The van der Waals surface area contributed by atoms with Crippen molar-refractivity contribution in [1.82, 2.24) is 10.2 Å². The van der Waals surface area contributed by atoms with Gasteiger partial charge in [0.05, 0.1) is 10.6 Å². The van der Waals surface area contributed by atoms with Gasteiger partial charge in [-0.1, -0.05) is 80.9 Å². The van der Waals surface area contributed by atoms with E-state index in [4.69, 9.17) is 0 Å². The second kappa shape index (κ2) is 13.6. The second-order valence-corrected chi connectivity index (χ2v) is 12.5. The largest absolute Gasteiger partial charge is 0.354 e. The minimum Gasteiger partial charge on any atom is -0.354 e. The normalized spacial score (nSPS) is 12.2. The van der Waals surface area contributed by atoms with Crippen LogP contribution in [0.5, 0.6) is 0 Å². The van der Waals surface area contributed by atoms with E-state index in [2.05, 4.69) is 5.32 Å². The SMILES string of the molecule is CC[C@@H](C(=O)NCC(C)C)N(Cc1ccccc1)C(=O)CN(c1cccc(C)c1C)S(=O)(=O)c1ccc(C)cc1. The maximum Gasteiger partial charge on any atom is 0.264 e. The molecule has 0 saturated heterocycles. The number of amides is 2. The van der Waals surface area contributed by atoms with Gasteiger partial charge in [-0.25, -0.2) is 8.42 Å². The molecule has 0 heterocycles. The summed E-state index contributed by atoms with van der Waals surface area (Å²) in [6.07, 6.45) is 0.386. The molecule has 8 heteroatoms. The van der Waals surface area contributed by atoms with E-state index in [1.165, 1.54) is 9.21 Å². The van der Waals surface area contributed by atoms with Crippen LogP contribution in [-0.4, -0.2) is 44.3 Å². The van der Waals surface area contributed by atoms with E-state index in [1.807, 2.05) is 77.9 Å². The lowest BCUT2D eigenvalue weighted by atomic mass is 10.1. The number of hydrogen-bond acceptors (Lipinski definition) is 4. The summed E-state index contributed by atoms with van der Waals surface area (Å²) in [6.45, 7) is 11.7. The molecule has 0 saturated carbocycles. The molecule has 0 spiro atoms. The molecule has 3 aromatic carbocycles. The van der Waals surface area contributed by atoms with Crippen LogP contribution in [0.4, 0.5) is 5.69 Å². The van der Waals surface area contributed by atoms with Crippen molar-refractivity contribution >= 4 is 27.5 Å². The molecule has 0 radical (unpaired) electrons. The Morgan fingerprint density at radius 3 is 2.12 bits per heavy atom. The lowest BCUT2D eigenvalue weighted by molar-refractivity contribution is -0.140. The first-order valence-electron chi connectivity index (χ1n) is 13.7. The lowest BCUT2D eigenvalue weighted by Crippen LogP contribution is -2.52.